The molecular formula is C17H34N2. The van der Waals surface area contributed by atoms with Crippen LogP contribution in [0.2, 0.25) is 0 Å². The number of nitrogens with two attached hydrogens (primary N) is 1. The molecule has 0 aromatic rings. The molecule has 1 unspecified atom stereocenters. The first kappa shape index (κ1) is 15.3. The Balaban J connectivity index is 2.03. The summed E-state index contributed by atoms with van der Waals surface area (Å²) in [6.45, 7) is 9.20. The lowest BCUT2D eigenvalue weighted by atomic mass is 9.89. The van der Waals surface area contributed by atoms with E-state index in [1.165, 1.54) is 57.9 Å². The van der Waals surface area contributed by atoms with E-state index in [0.29, 0.717) is 0 Å². The van der Waals surface area contributed by atoms with E-state index in [9.17, 15) is 0 Å². The highest BCUT2D eigenvalue weighted by molar-refractivity contribution is 4.96. The Morgan fingerprint density at radius 1 is 1.16 bits per heavy atom. The van der Waals surface area contributed by atoms with Crippen molar-refractivity contribution in [3.05, 3.63) is 0 Å². The van der Waals surface area contributed by atoms with Crippen molar-refractivity contribution in [1.29, 1.82) is 0 Å². The maximum absolute atomic E-state index is 6.22. The lowest BCUT2D eigenvalue weighted by molar-refractivity contribution is 0.0469. The fraction of sp³-hybridized carbons (Fsp3) is 1.00. The zero-order chi connectivity index (χ0) is 13.9. The molecule has 2 aliphatic carbocycles. The molecule has 2 nitrogen and oxygen atoms in total. The predicted octanol–water partition coefficient (Wildman–Crippen LogP) is 3.79. The monoisotopic (exact) mass is 266 g/mol. The van der Waals surface area contributed by atoms with Gasteiger partial charge in [0.05, 0.1) is 0 Å². The van der Waals surface area contributed by atoms with E-state index in [4.69, 9.17) is 5.73 Å². The molecule has 0 spiro atoms. The van der Waals surface area contributed by atoms with Crippen LogP contribution in [0.15, 0.2) is 0 Å². The number of rotatable bonds is 8. The molecule has 2 rings (SSSR count). The van der Waals surface area contributed by atoms with Gasteiger partial charge in [-0.3, -0.25) is 4.90 Å². The Morgan fingerprint density at radius 2 is 1.79 bits per heavy atom. The van der Waals surface area contributed by atoms with Gasteiger partial charge >= 0.3 is 0 Å². The smallest absolute Gasteiger partial charge is 0.0309 e. The zero-order valence-electron chi connectivity index (χ0n) is 13.3. The van der Waals surface area contributed by atoms with E-state index in [2.05, 4.69) is 25.7 Å². The van der Waals surface area contributed by atoms with Gasteiger partial charge < -0.3 is 5.73 Å². The first-order valence-corrected chi connectivity index (χ1v) is 8.52. The van der Waals surface area contributed by atoms with Gasteiger partial charge in [0.25, 0.3) is 0 Å². The lowest BCUT2D eigenvalue weighted by Gasteiger charge is -2.45. The van der Waals surface area contributed by atoms with E-state index in [1.54, 1.807) is 0 Å². The maximum atomic E-state index is 6.22. The fourth-order valence-corrected chi connectivity index (χ4v) is 3.77. The van der Waals surface area contributed by atoms with Crippen molar-refractivity contribution >= 4 is 0 Å². The maximum Gasteiger partial charge on any atom is 0.0309 e. The highest BCUT2D eigenvalue weighted by Crippen LogP contribution is 2.41. The van der Waals surface area contributed by atoms with Gasteiger partial charge in [-0.2, -0.15) is 0 Å². The van der Waals surface area contributed by atoms with E-state index >= 15 is 0 Å². The molecular weight excluding hydrogens is 232 g/mol. The summed E-state index contributed by atoms with van der Waals surface area (Å²) in [6.07, 6.45) is 11.2. The van der Waals surface area contributed by atoms with Crippen molar-refractivity contribution in [2.45, 2.75) is 83.7 Å². The summed E-state index contributed by atoms with van der Waals surface area (Å²) < 4.78 is 0. The Hall–Kier alpha value is -0.0800. The molecule has 0 heterocycles. The standard InChI is InChI=1S/C17H34N2/c1-14(2)10-11-19(16-6-4-5-7-16)17(3,13-18)12-15-8-9-15/h14-16H,4-13,18H2,1-3H3. The summed E-state index contributed by atoms with van der Waals surface area (Å²) in [4.78, 5) is 2.82. The SMILES string of the molecule is CC(C)CCN(C1CCCC1)C(C)(CN)CC1CC1. The van der Waals surface area contributed by atoms with Crippen molar-refractivity contribution < 1.29 is 0 Å². The molecule has 0 aromatic carbocycles. The third kappa shape index (κ3) is 4.19. The van der Waals surface area contributed by atoms with Crippen LogP contribution in [0, 0.1) is 11.8 Å². The second-order valence-electron chi connectivity index (χ2n) is 7.66. The van der Waals surface area contributed by atoms with E-state index < -0.39 is 0 Å². The highest BCUT2D eigenvalue weighted by Gasteiger charge is 2.40. The Morgan fingerprint density at radius 3 is 2.26 bits per heavy atom. The quantitative estimate of drug-likeness (QED) is 0.724. The minimum absolute atomic E-state index is 0.255. The Bertz CT molecular complexity index is 266. The molecule has 2 aliphatic rings. The van der Waals surface area contributed by atoms with Crippen molar-refractivity contribution in [1.82, 2.24) is 4.90 Å². The van der Waals surface area contributed by atoms with E-state index in [1.807, 2.05) is 0 Å². The third-order valence-electron chi connectivity index (χ3n) is 5.27. The zero-order valence-corrected chi connectivity index (χ0v) is 13.3. The van der Waals surface area contributed by atoms with Crippen molar-refractivity contribution in [2.24, 2.45) is 17.6 Å². The molecule has 0 aromatic heterocycles. The summed E-state index contributed by atoms with van der Waals surface area (Å²) in [6, 6.07) is 0.811. The van der Waals surface area contributed by atoms with Gasteiger partial charge in [0, 0.05) is 18.1 Å². The molecule has 2 fully saturated rings. The number of hydrogen-bond acceptors (Lipinski definition) is 2. The summed E-state index contributed by atoms with van der Waals surface area (Å²) in [5, 5.41) is 0. The van der Waals surface area contributed by atoms with Gasteiger partial charge in [-0.05, 0) is 51.0 Å². The van der Waals surface area contributed by atoms with Crippen molar-refractivity contribution in [3.8, 4) is 0 Å². The van der Waals surface area contributed by atoms with Gasteiger partial charge in [-0.15, -0.1) is 0 Å². The van der Waals surface area contributed by atoms with Gasteiger partial charge in [0.1, 0.15) is 0 Å². The minimum Gasteiger partial charge on any atom is -0.329 e. The second kappa shape index (κ2) is 6.58. The van der Waals surface area contributed by atoms with Gasteiger partial charge in [-0.1, -0.05) is 39.5 Å². The molecule has 0 bridgehead atoms. The first-order valence-electron chi connectivity index (χ1n) is 8.52. The molecule has 0 saturated heterocycles. The number of nitrogens with zero attached hydrogens (tertiary/aromatic N) is 1. The molecule has 19 heavy (non-hydrogen) atoms. The van der Waals surface area contributed by atoms with Crippen LogP contribution in [0.3, 0.4) is 0 Å². The molecule has 2 heteroatoms. The van der Waals surface area contributed by atoms with Gasteiger partial charge in [-0.25, -0.2) is 0 Å². The average molecular weight is 266 g/mol. The molecule has 0 aliphatic heterocycles. The van der Waals surface area contributed by atoms with Crippen molar-refractivity contribution in [3.63, 3.8) is 0 Å². The number of hydrogen-bond donors (Lipinski definition) is 1. The Labute approximate surface area is 120 Å². The minimum atomic E-state index is 0.255. The van der Waals surface area contributed by atoms with E-state index in [-0.39, 0.29) is 5.54 Å². The topological polar surface area (TPSA) is 29.3 Å². The summed E-state index contributed by atoms with van der Waals surface area (Å²) in [7, 11) is 0. The Kier molecular flexibility index (Phi) is 5.30. The van der Waals surface area contributed by atoms with Crippen molar-refractivity contribution in [2.75, 3.05) is 13.1 Å². The fourth-order valence-electron chi connectivity index (χ4n) is 3.77. The van der Waals surface area contributed by atoms with E-state index in [0.717, 1.165) is 24.4 Å². The van der Waals surface area contributed by atoms with Crippen LogP contribution in [-0.2, 0) is 0 Å². The van der Waals surface area contributed by atoms with Gasteiger partial charge in [0.15, 0.2) is 0 Å². The molecule has 0 radical (unpaired) electrons. The third-order valence-corrected chi connectivity index (χ3v) is 5.27. The largest absolute Gasteiger partial charge is 0.329 e. The van der Waals surface area contributed by atoms with Crippen LogP contribution in [-0.4, -0.2) is 29.6 Å². The van der Waals surface area contributed by atoms with Crippen LogP contribution in [0.5, 0.6) is 0 Å². The predicted molar refractivity (Wildman–Crippen MR) is 83.2 cm³/mol. The molecule has 2 N–H and O–H groups in total. The second-order valence-corrected chi connectivity index (χ2v) is 7.66. The summed E-state index contributed by atoms with van der Waals surface area (Å²) >= 11 is 0. The van der Waals surface area contributed by atoms with Gasteiger partial charge in [0.2, 0.25) is 0 Å². The normalized spacial score (nSPS) is 24.3. The lowest BCUT2D eigenvalue weighted by Crippen LogP contribution is -2.56. The summed E-state index contributed by atoms with van der Waals surface area (Å²) in [5.41, 5.74) is 6.47. The summed E-state index contributed by atoms with van der Waals surface area (Å²) in [5.74, 6) is 1.77. The van der Waals surface area contributed by atoms with Crippen LogP contribution in [0.4, 0.5) is 0 Å². The van der Waals surface area contributed by atoms with Crippen LogP contribution in [0.1, 0.15) is 72.1 Å². The van der Waals surface area contributed by atoms with Crippen LogP contribution >= 0.6 is 0 Å². The first-order chi connectivity index (χ1) is 9.05. The molecule has 1 atom stereocenters. The average Bonchev–Trinajstić information content (AvgIpc) is 3.01. The highest BCUT2D eigenvalue weighted by atomic mass is 15.2. The van der Waals surface area contributed by atoms with Crippen LogP contribution in [0.25, 0.3) is 0 Å². The molecule has 2 saturated carbocycles. The molecule has 0 amide bonds. The molecule has 112 valence electrons. The van der Waals surface area contributed by atoms with Crippen LogP contribution < -0.4 is 5.73 Å².